The van der Waals surface area contributed by atoms with Crippen molar-refractivity contribution in [2.75, 3.05) is 4.90 Å². The number of aromatic nitrogens is 4. The molecule has 2 aliphatic rings. The predicted octanol–water partition coefficient (Wildman–Crippen LogP) is 11.1. The molecule has 0 bridgehead atoms. The Morgan fingerprint density at radius 2 is 1.00 bits per heavy atom. The molecule has 244 valence electrons. The zero-order valence-electron chi connectivity index (χ0n) is 27.6. The van der Waals surface area contributed by atoms with Crippen LogP contribution < -0.4 is 9.64 Å². The molecule has 0 radical (unpaired) electrons. The average Bonchev–Trinajstić information content (AvgIpc) is 3.91. The van der Waals surface area contributed by atoms with Crippen molar-refractivity contribution in [1.29, 1.82) is 0 Å². The van der Waals surface area contributed by atoms with Crippen LogP contribution in [0, 0.1) is 0 Å². The highest BCUT2D eigenvalue weighted by molar-refractivity contribution is 6.10. The summed E-state index contributed by atoms with van der Waals surface area (Å²) in [5.41, 5.74) is 7.63. The molecular weight excluding hydrogens is 643 g/mol. The van der Waals surface area contributed by atoms with Crippen LogP contribution in [0.5, 0.6) is 11.5 Å². The van der Waals surface area contributed by atoms with Gasteiger partial charge in [0, 0.05) is 43.9 Å². The maximum absolute atomic E-state index is 6.60. The number of nitrogens with zero attached hydrogens (tertiary/aromatic N) is 5. The molecule has 0 amide bonds. The van der Waals surface area contributed by atoms with Gasteiger partial charge in [0.2, 0.25) is 5.66 Å². The van der Waals surface area contributed by atoms with Gasteiger partial charge in [-0.15, -0.1) is 0 Å². The summed E-state index contributed by atoms with van der Waals surface area (Å²) in [4.78, 5) is 2.32. The first-order chi connectivity index (χ1) is 25.8. The SMILES string of the molecule is c1ccc2c(c1)Oc1ccccc1C21n2nc3ccccc3c2N(c2ccc(-c3cccc4c3oc3ccccc34)cc2)c2c3ccccc3nn21. The highest BCUT2D eigenvalue weighted by Gasteiger charge is 2.54. The monoisotopic (exact) mass is 669 g/mol. The number of anilines is 3. The van der Waals surface area contributed by atoms with Crippen molar-refractivity contribution >= 4 is 61.1 Å². The summed E-state index contributed by atoms with van der Waals surface area (Å²) in [7, 11) is 0. The van der Waals surface area contributed by atoms with Crippen molar-refractivity contribution in [3.63, 3.8) is 0 Å². The lowest BCUT2D eigenvalue weighted by Gasteiger charge is -2.46. The Labute approximate surface area is 297 Å². The van der Waals surface area contributed by atoms with Crippen LogP contribution in [0.2, 0.25) is 0 Å². The largest absolute Gasteiger partial charge is 0.456 e. The van der Waals surface area contributed by atoms with Gasteiger partial charge in [0.15, 0.2) is 0 Å². The van der Waals surface area contributed by atoms with E-state index in [9.17, 15) is 0 Å². The summed E-state index contributed by atoms with van der Waals surface area (Å²) >= 11 is 0. The number of fused-ring (bicyclic) bond motifs is 15. The van der Waals surface area contributed by atoms with Crippen LogP contribution in [0.25, 0.3) is 54.9 Å². The molecule has 7 heteroatoms. The number of para-hydroxylation sites is 4. The molecule has 7 aromatic carbocycles. The van der Waals surface area contributed by atoms with Crippen molar-refractivity contribution in [1.82, 2.24) is 19.6 Å². The summed E-state index contributed by atoms with van der Waals surface area (Å²) in [6.45, 7) is 0. The van der Waals surface area contributed by atoms with E-state index in [-0.39, 0.29) is 0 Å². The second-order valence-corrected chi connectivity index (χ2v) is 13.4. The molecule has 52 heavy (non-hydrogen) atoms. The zero-order valence-corrected chi connectivity index (χ0v) is 27.6. The van der Waals surface area contributed by atoms with Gasteiger partial charge in [0.1, 0.15) is 34.3 Å². The maximum atomic E-state index is 6.60. The van der Waals surface area contributed by atoms with Gasteiger partial charge in [-0.05, 0) is 60.2 Å². The van der Waals surface area contributed by atoms with Crippen molar-refractivity contribution in [2.45, 2.75) is 5.66 Å². The van der Waals surface area contributed by atoms with Crippen molar-refractivity contribution in [3.8, 4) is 22.6 Å². The molecular formula is C45H27N5O2. The van der Waals surface area contributed by atoms with Crippen molar-refractivity contribution in [3.05, 3.63) is 175 Å². The normalized spacial score (nSPS) is 14.0. The van der Waals surface area contributed by atoms with Gasteiger partial charge >= 0.3 is 0 Å². The zero-order chi connectivity index (χ0) is 34.0. The van der Waals surface area contributed by atoms with Crippen LogP contribution >= 0.6 is 0 Å². The number of hydrogen-bond donors (Lipinski definition) is 0. The van der Waals surface area contributed by atoms with E-state index in [0.717, 1.165) is 94.8 Å². The molecule has 0 saturated carbocycles. The second kappa shape index (κ2) is 9.99. The molecule has 0 atom stereocenters. The van der Waals surface area contributed by atoms with E-state index in [2.05, 4.69) is 130 Å². The van der Waals surface area contributed by atoms with E-state index in [4.69, 9.17) is 19.4 Å². The molecule has 10 aromatic rings. The molecule has 5 heterocycles. The fourth-order valence-electron chi connectivity index (χ4n) is 8.53. The fraction of sp³-hybridized carbons (Fsp3) is 0.0222. The van der Waals surface area contributed by atoms with Gasteiger partial charge in [0.05, 0.1) is 11.0 Å². The minimum atomic E-state index is -0.985. The summed E-state index contributed by atoms with van der Waals surface area (Å²) < 4.78 is 17.4. The standard InChI is InChI=1S/C45H27N5O2/c1-6-19-37-33(13-1)43-48(29-26-24-28(25-27-29)30-15-11-16-32-31-12-3-8-21-39(31)52-42(30)32)44-34-14-2-7-20-38(34)47-50(44)45(49(43)46-37)35-17-4-9-22-40(35)51-41-23-10-5-18-36(41)45/h1-27H. The lowest BCUT2D eigenvalue weighted by atomic mass is 9.86. The third kappa shape index (κ3) is 3.44. The Bertz CT molecular complexity index is 2950. The van der Waals surface area contributed by atoms with Crippen LogP contribution in [0.1, 0.15) is 11.1 Å². The first kappa shape index (κ1) is 27.7. The topological polar surface area (TPSA) is 61.2 Å². The van der Waals surface area contributed by atoms with E-state index < -0.39 is 5.66 Å². The molecule has 12 rings (SSSR count). The minimum absolute atomic E-state index is 0.773. The molecule has 0 fully saturated rings. The van der Waals surface area contributed by atoms with Gasteiger partial charge in [-0.3, -0.25) is 4.90 Å². The van der Waals surface area contributed by atoms with Crippen molar-refractivity contribution in [2.24, 2.45) is 0 Å². The first-order valence-electron chi connectivity index (χ1n) is 17.4. The van der Waals surface area contributed by atoms with Crippen LogP contribution in [-0.2, 0) is 5.66 Å². The summed E-state index contributed by atoms with van der Waals surface area (Å²) in [6.07, 6.45) is 0. The highest BCUT2D eigenvalue weighted by atomic mass is 16.5. The number of hydrogen-bond acceptors (Lipinski definition) is 5. The molecule has 0 unspecified atom stereocenters. The van der Waals surface area contributed by atoms with Gasteiger partial charge < -0.3 is 9.15 Å². The number of benzene rings is 7. The Kier molecular flexibility index (Phi) is 5.32. The van der Waals surface area contributed by atoms with Gasteiger partial charge in [-0.1, -0.05) is 109 Å². The van der Waals surface area contributed by atoms with Gasteiger partial charge in [-0.2, -0.15) is 10.2 Å². The quantitative estimate of drug-likeness (QED) is 0.183. The number of furan rings is 1. The van der Waals surface area contributed by atoms with E-state index in [0.29, 0.717) is 0 Å². The number of ether oxygens (including phenoxy) is 1. The van der Waals surface area contributed by atoms with Crippen LogP contribution in [0.3, 0.4) is 0 Å². The molecule has 3 aromatic heterocycles. The molecule has 0 aliphatic carbocycles. The lowest BCUT2D eigenvalue weighted by molar-refractivity contribution is 0.260. The second-order valence-electron chi connectivity index (χ2n) is 13.4. The molecule has 2 aliphatic heterocycles. The Morgan fingerprint density at radius 3 is 1.65 bits per heavy atom. The van der Waals surface area contributed by atoms with E-state index >= 15 is 0 Å². The Morgan fingerprint density at radius 1 is 0.462 bits per heavy atom. The van der Waals surface area contributed by atoms with Gasteiger partial charge in [-0.25, -0.2) is 9.36 Å². The van der Waals surface area contributed by atoms with Crippen molar-refractivity contribution < 1.29 is 9.15 Å². The maximum Gasteiger partial charge on any atom is 0.216 e. The fourth-order valence-corrected chi connectivity index (χ4v) is 8.53. The van der Waals surface area contributed by atoms with Gasteiger partial charge in [0.25, 0.3) is 0 Å². The number of rotatable bonds is 2. The minimum Gasteiger partial charge on any atom is -0.456 e. The van der Waals surface area contributed by atoms with E-state index in [1.807, 2.05) is 48.5 Å². The van der Waals surface area contributed by atoms with Crippen LogP contribution in [0.15, 0.2) is 168 Å². The highest BCUT2D eigenvalue weighted by Crippen LogP contribution is 2.58. The lowest BCUT2D eigenvalue weighted by Crippen LogP contribution is -2.51. The van der Waals surface area contributed by atoms with E-state index in [1.165, 1.54) is 0 Å². The molecule has 7 nitrogen and oxygen atoms in total. The third-order valence-corrected chi connectivity index (χ3v) is 10.7. The Balaban J connectivity index is 1.16. The molecule has 0 saturated heterocycles. The van der Waals surface area contributed by atoms with Crippen LogP contribution in [-0.4, -0.2) is 19.6 Å². The summed E-state index contributed by atoms with van der Waals surface area (Å²) in [5, 5.41) is 15.2. The first-order valence-corrected chi connectivity index (χ1v) is 17.4. The molecule has 1 spiro atoms. The Hall–Kier alpha value is -7.12. The molecule has 0 N–H and O–H groups in total. The summed E-state index contributed by atoms with van der Waals surface area (Å²) in [6, 6.07) is 56.6. The summed E-state index contributed by atoms with van der Waals surface area (Å²) in [5.74, 6) is 3.45. The third-order valence-electron chi connectivity index (χ3n) is 10.7. The predicted molar refractivity (Wildman–Crippen MR) is 205 cm³/mol. The van der Waals surface area contributed by atoms with Crippen LogP contribution in [0.4, 0.5) is 17.3 Å². The van der Waals surface area contributed by atoms with E-state index in [1.54, 1.807) is 0 Å². The smallest absolute Gasteiger partial charge is 0.216 e. The average molecular weight is 670 g/mol.